The molecule has 1 aliphatic heterocycles. The van der Waals surface area contributed by atoms with Gasteiger partial charge in [0.15, 0.2) is 0 Å². The van der Waals surface area contributed by atoms with Crippen molar-refractivity contribution in [2.75, 3.05) is 19.7 Å². The maximum absolute atomic E-state index is 11.2. The SMILES string of the molecule is CCCN1CCC(C(=O)OCC)=N1. The largest absolute Gasteiger partial charge is 0.461 e. The molecule has 0 unspecified atom stereocenters. The Morgan fingerprint density at radius 1 is 1.62 bits per heavy atom. The molecule has 0 N–H and O–H groups in total. The molecule has 4 nitrogen and oxygen atoms in total. The van der Waals surface area contributed by atoms with Crippen LogP contribution in [-0.4, -0.2) is 36.4 Å². The minimum Gasteiger partial charge on any atom is -0.461 e. The fourth-order valence-corrected chi connectivity index (χ4v) is 1.28. The van der Waals surface area contributed by atoms with E-state index in [1.807, 2.05) is 5.01 Å². The second-order valence-corrected chi connectivity index (χ2v) is 2.97. The lowest BCUT2D eigenvalue weighted by molar-refractivity contribution is -0.135. The van der Waals surface area contributed by atoms with E-state index in [9.17, 15) is 4.79 Å². The number of carbonyl (C=O) groups is 1. The van der Waals surface area contributed by atoms with Gasteiger partial charge >= 0.3 is 5.97 Å². The molecule has 0 aliphatic carbocycles. The van der Waals surface area contributed by atoms with Gasteiger partial charge < -0.3 is 4.74 Å². The average molecular weight is 184 g/mol. The van der Waals surface area contributed by atoms with Crippen molar-refractivity contribution in [3.63, 3.8) is 0 Å². The highest BCUT2D eigenvalue weighted by Crippen LogP contribution is 2.07. The van der Waals surface area contributed by atoms with Crippen molar-refractivity contribution in [1.29, 1.82) is 0 Å². The van der Waals surface area contributed by atoms with Gasteiger partial charge in [-0.15, -0.1) is 0 Å². The minimum atomic E-state index is -0.263. The molecule has 1 heterocycles. The van der Waals surface area contributed by atoms with Gasteiger partial charge in [-0.05, 0) is 13.3 Å². The van der Waals surface area contributed by atoms with E-state index in [4.69, 9.17) is 4.74 Å². The smallest absolute Gasteiger partial charge is 0.354 e. The van der Waals surface area contributed by atoms with E-state index in [1.54, 1.807) is 6.92 Å². The number of carbonyl (C=O) groups excluding carboxylic acids is 1. The Labute approximate surface area is 78.6 Å². The van der Waals surface area contributed by atoms with Crippen molar-refractivity contribution in [1.82, 2.24) is 5.01 Å². The monoisotopic (exact) mass is 184 g/mol. The third kappa shape index (κ3) is 2.72. The van der Waals surface area contributed by atoms with E-state index in [0.29, 0.717) is 12.3 Å². The van der Waals surface area contributed by atoms with Crippen molar-refractivity contribution in [2.24, 2.45) is 5.10 Å². The Kier molecular flexibility index (Phi) is 3.73. The van der Waals surface area contributed by atoms with Crippen LogP contribution < -0.4 is 0 Å². The quantitative estimate of drug-likeness (QED) is 0.612. The molecule has 0 fully saturated rings. The first-order valence-electron chi connectivity index (χ1n) is 4.77. The second kappa shape index (κ2) is 4.84. The lowest BCUT2D eigenvalue weighted by Gasteiger charge is -2.10. The zero-order valence-electron chi connectivity index (χ0n) is 8.25. The topological polar surface area (TPSA) is 41.9 Å². The van der Waals surface area contributed by atoms with Crippen LogP contribution in [0.4, 0.5) is 0 Å². The molecule has 13 heavy (non-hydrogen) atoms. The average Bonchev–Trinajstić information content (AvgIpc) is 2.54. The van der Waals surface area contributed by atoms with Crippen molar-refractivity contribution in [2.45, 2.75) is 26.7 Å². The number of rotatable bonds is 4. The molecule has 0 spiro atoms. The van der Waals surface area contributed by atoms with Crippen LogP contribution in [-0.2, 0) is 9.53 Å². The van der Waals surface area contributed by atoms with Crippen LogP contribution in [0.5, 0.6) is 0 Å². The van der Waals surface area contributed by atoms with Gasteiger partial charge in [0.2, 0.25) is 0 Å². The number of hydrogen-bond donors (Lipinski definition) is 0. The van der Waals surface area contributed by atoms with E-state index in [1.165, 1.54) is 0 Å². The molecule has 0 aromatic carbocycles. The van der Waals surface area contributed by atoms with Crippen LogP contribution in [0.15, 0.2) is 5.10 Å². The van der Waals surface area contributed by atoms with E-state index < -0.39 is 0 Å². The summed E-state index contributed by atoms with van der Waals surface area (Å²) in [6, 6.07) is 0. The van der Waals surface area contributed by atoms with Crippen LogP contribution >= 0.6 is 0 Å². The third-order valence-corrected chi connectivity index (χ3v) is 1.86. The highest BCUT2D eigenvalue weighted by Gasteiger charge is 2.20. The van der Waals surface area contributed by atoms with Gasteiger partial charge in [0.25, 0.3) is 0 Å². The van der Waals surface area contributed by atoms with Gasteiger partial charge in [-0.2, -0.15) is 5.10 Å². The normalized spacial score (nSPS) is 15.8. The standard InChI is InChI=1S/C9H16N2O2/c1-3-6-11-7-5-8(10-11)9(12)13-4-2/h3-7H2,1-2H3. The Hall–Kier alpha value is -1.06. The maximum Gasteiger partial charge on any atom is 0.354 e. The summed E-state index contributed by atoms with van der Waals surface area (Å²) in [6.45, 7) is 6.09. The van der Waals surface area contributed by atoms with Gasteiger partial charge in [0.1, 0.15) is 5.71 Å². The lowest BCUT2D eigenvalue weighted by atomic mass is 10.3. The Bertz CT molecular complexity index is 214. The predicted octanol–water partition coefficient (Wildman–Crippen LogP) is 1.02. The zero-order chi connectivity index (χ0) is 9.68. The minimum absolute atomic E-state index is 0.263. The Balaban J connectivity index is 2.43. The van der Waals surface area contributed by atoms with E-state index >= 15 is 0 Å². The molecular formula is C9H16N2O2. The van der Waals surface area contributed by atoms with Crippen LogP contribution in [0.3, 0.4) is 0 Å². The molecule has 0 atom stereocenters. The number of esters is 1. The summed E-state index contributed by atoms with van der Waals surface area (Å²) >= 11 is 0. The van der Waals surface area contributed by atoms with Crippen molar-refractivity contribution < 1.29 is 9.53 Å². The number of nitrogens with zero attached hydrogens (tertiary/aromatic N) is 2. The fourth-order valence-electron chi connectivity index (χ4n) is 1.28. The summed E-state index contributed by atoms with van der Waals surface area (Å²) in [4.78, 5) is 11.2. The molecule has 0 saturated heterocycles. The first-order chi connectivity index (χ1) is 6.27. The van der Waals surface area contributed by atoms with Gasteiger partial charge in [-0.25, -0.2) is 4.79 Å². The molecule has 74 valence electrons. The molecule has 0 amide bonds. The summed E-state index contributed by atoms with van der Waals surface area (Å²) in [5.41, 5.74) is 0.565. The van der Waals surface area contributed by atoms with E-state index in [-0.39, 0.29) is 5.97 Å². The summed E-state index contributed by atoms with van der Waals surface area (Å²) in [7, 11) is 0. The lowest BCUT2D eigenvalue weighted by Crippen LogP contribution is -2.15. The second-order valence-electron chi connectivity index (χ2n) is 2.97. The molecule has 0 bridgehead atoms. The number of ether oxygens (including phenoxy) is 1. The van der Waals surface area contributed by atoms with Gasteiger partial charge in [-0.3, -0.25) is 5.01 Å². The third-order valence-electron chi connectivity index (χ3n) is 1.86. The van der Waals surface area contributed by atoms with Crippen LogP contribution in [0, 0.1) is 0 Å². The van der Waals surface area contributed by atoms with Gasteiger partial charge in [0.05, 0.1) is 6.61 Å². The highest BCUT2D eigenvalue weighted by atomic mass is 16.5. The molecule has 1 rings (SSSR count). The summed E-state index contributed by atoms with van der Waals surface area (Å²) in [6.07, 6.45) is 1.78. The molecule has 0 radical (unpaired) electrons. The van der Waals surface area contributed by atoms with Gasteiger partial charge in [0, 0.05) is 19.5 Å². The number of hydrazone groups is 1. The molecule has 0 saturated carbocycles. The van der Waals surface area contributed by atoms with Crippen LogP contribution in [0.2, 0.25) is 0 Å². The van der Waals surface area contributed by atoms with Gasteiger partial charge in [-0.1, -0.05) is 6.92 Å². The van der Waals surface area contributed by atoms with Crippen LogP contribution in [0.1, 0.15) is 26.7 Å². The maximum atomic E-state index is 11.2. The van der Waals surface area contributed by atoms with Crippen molar-refractivity contribution in [3.05, 3.63) is 0 Å². The predicted molar refractivity (Wildman–Crippen MR) is 50.5 cm³/mol. The zero-order valence-corrected chi connectivity index (χ0v) is 8.25. The molecule has 1 aliphatic rings. The summed E-state index contributed by atoms with van der Waals surface area (Å²) in [5, 5.41) is 6.09. The van der Waals surface area contributed by atoms with E-state index in [0.717, 1.165) is 25.9 Å². The molecule has 4 heteroatoms. The van der Waals surface area contributed by atoms with Crippen LogP contribution in [0.25, 0.3) is 0 Å². The van der Waals surface area contributed by atoms with E-state index in [2.05, 4.69) is 12.0 Å². The first-order valence-corrected chi connectivity index (χ1v) is 4.77. The first kappa shape index (κ1) is 10.0. The Morgan fingerprint density at radius 2 is 2.38 bits per heavy atom. The molecular weight excluding hydrogens is 168 g/mol. The fraction of sp³-hybridized carbons (Fsp3) is 0.778. The number of hydrogen-bond acceptors (Lipinski definition) is 4. The molecule has 0 aromatic heterocycles. The Morgan fingerprint density at radius 3 is 3.00 bits per heavy atom. The molecule has 0 aromatic rings. The summed E-state index contributed by atoms with van der Waals surface area (Å²) < 4.78 is 4.86. The highest BCUT2D eigenvalue weighted by molar-refractivity contribution is 6.36. The van der Waals surface area contributed by atoms with Crippen molar-refractivity contribution >= 4 is 11.7 Å². The summed E-state index contributed by atoms with van der Waals surface area (Å²) in [5.74, 6) is -0.263. The van der Waals surface area contributed by atoms with Crippen molar-refractivity contribution in [3.8, 4) is 0 Å².